The molecule has 0 heterocycles. The van der Waals surface area contributed by atoms with Crippen LogP contribution in [-0.4, -0.2) is 23.9 Å². The number of carbonyl (C=O) groups is 1. The van der Waals surface area contributed by atoms with Crippen LogP contribution in [0.5, 0.6) is 5.75 Å². The second-order valence-corrected chi connectivity index (χ2v) is 7.71. The van der Waals surface area contributed by atoms with Gasteiger partial charge in [-0.2, -0.15) is 0 Å². The molecule has 0 saturated carbocycles. The first kappa shape index (κ1) is 22.2. The average molecular weight is 417 g/mol. The minimum atomic E-state index is -0.232. The highest BCUT2D eigenvalue weighted by molar-refractivity contribution is 7.98. The fourth-order valence-corrected chi connectivity index (χ4v) is 3.14. The molecule has 0 aliphatic rings. The Morgan fingerprint density at radius 1 is 1.04 bits per heavy atom. The highest BCUT2D eigenvalue weighted by Gasteiger charge is 2.08. The third kappa shape index (κ3) is 7.90. The van der Waals surface area contributed by atoms with E-state index in [9.17, 15) is 4.79 Å². The lowest BCUT2D eigenvalue weighted by molar-refractivity contribution is 0.0976. The summed E-state index contributed by atoms with van der Waals surface area (Å²) in [5.74, 6) is 0.548. The van der Waals surface area contributed by atoms with Crippen molar-refractivity contribution in [3.05, 3.63) is 59.7 Å². The number of ether oxygens (including phenoxy) is 1. The molecule has 0 atom stereocenters. The van der Waals surface area contributed by atoms with Gasteiger partial charge in [0.1, 0.15) is 5.75 Å². The van der Waals surface area contributed by atoms with Crippen molar-refractivity contribution < 1.29 is 9.53 Å². The summed E-state index contributed by atoms with van der Waals surface area (Å²) in [7, 11) is 0. The van der Waals surface area contributed by atoms with Crippen LogP contribution < -0.4 is 15.4 Å². The summed E-state index contributed by atoms with van der Waals surface area (Å²) in [6.45, 7) is 3.46. The summed E-state index contributed by atoms with van der Waals surface area (Å²) in [4.78, 5) is 13.5. The topological polar surface area (TPSA) is 50.4 Å². The molecule has 0 aliphatic carbocycles. The Balaban J connectivity index is 1.74. The zero-order chi connectivity index (χ0) is 20.2. The van der Waals surface area contributed by atoms with Crippen molar-refractivity contribution in [1.82, 2.24) is 10.6 Å². The molecule has 2 rings (SSSR count). The molecular formula is C22H28N2O2S2. The summed E-state index contributed by atoms with van der Waals surface area (Å²) in [6, 6.07) is 15.4. The smallest absolute Gasteiger partial charge is 0.257 e. The van der Waals surface area contributed by atoms with Gasteiger partial charge in [-0.25, -0.2) is 0 Å². The van der Waals surface area contributed by atoms with Gasteiger partial charge in [0.2, 0.25) is 0 Å². The molecule has 0 aromatic heterocycles. The normalized spacial score (nSPS) is 10.4. The van der Waals surface area contributed by atoms with E-state index in [4.69, 9.17) is 17.0 Å². The molecular weight excluding hydrogens is 388 g/mol. The number of thioether (sulfide) groups is 1. The largest absolute Gasteiger partial charge is 0.494 e. The average Bonchev–Trinajstić information content (AvgIpc) is 2.73. The van der Waals surface area contributed by atoms with E-state index in [1.807, 2.05) is 30.5 Å². The van der Waals surface area contributed by atoms with Crippen LogP contribution in [0.15, 0.2) is 53.4 Å². The van der Waals surface area contributed by atoms with Gasteiger partial charge in [-0.3, -0.25) is 10.1 Å². The Labute approximate surface area is 177 Å². The zero-order valence-corrected chi connectivity index (χ0v) is 18.1. The molecule has 2 aromatic rings. The van der Waals surface area contributed by atoms with E-state index in [-0.39, 0.29) is 5.91 Å². The number of unbranched alkanes of at least 4 members (excludes halogenated alkanes) is 3. The lowest BCUT2D eigenvalue weighted by Gasteiger charge is -2.11. The van der Waals surface area contributed by atoms with Crippen LogP contribution in [0, 0.1) is 0 Å². The van der Waals surface area contributed by atoms with Gasteiger partial charge in [0.05, 0.1) is 6.61 Å². The molecule has 4 nitrogen and oxygen atoms in total. The maximum absolute atomic E-state index is 12.3. The van der Waals surface area contributed by atoms with Gasteiger partial charge in [-0.15, -0.1) is 11.8 Å². The summed E-state index contributed by atoms with van der Waals surface area (Å²) < 4.78 is 5.70. The first-order valence-electron chi connectivity index (χ1n) is 9.57. The molecule has 0 saturated heterocycles. The lowest BCUT2D eigenvalue weighted by atomic mass is 10.2. The van der Waals surface area contributed by atoms with Crippen LogP contribution in [0.2, 0.25) is 0 Å². The van der Waals surface area contributed by atoms with Crippen molar-refractivity contribution >= 4 is 35.0 Å². The maximum Gasteiger partial charge on any atom is 0.257 e. The van der Waals surface area contributed by atoms with Crippen LogP contribution in [0.3, 0.4) is 0 Å². The van der Waals surface area contributed by atoms with E-state index >= 15 is 0 Å². The molecule has 0 bridgehead atoms. The Morgan fingerprint density at radius 2 is 1.75 bits per heavy atom. The van der Waals surface area contributed by atoms with E-state index in [0.29, 0.717) is 23.8 Å². The lowest BCUT2D eigenvalue weighted by Crippen LogP contribution is -2.38. The quantitative estimate of drug-likeness (QED) is 0.318. The zero-order valence-electron chi connectivity index (χ0n) is 16.5. The van der Waals surface area contributed by atoms with E-state index in [2.05, 4.69) is 29.7 Å². The van der Waals surface area contributed by atoms with Crippen LogP contribution >= 0.6 is 24.0 Å². The minimum absolute atomic E-state index is 0.232. The van der Waals surface area contributed by atoms with Crippen LogP contribution in [0.1, 0.15) is 48.5 Å². The van der Waals surface area contributed by atoms with E-state index in [0.717, 1.165) is 17.7 Å². The number of hydrogen-bond donors (Lipinski definition) is 2. The second-order valence-electron chi connectivity index (χ2n) is 6.42. The van der Waals surface area contributed by atoms with Crippen molar-refractivity contribution in [2.24, 2.45) is 0 Å². The number of carbonyl (C=O) groups excluding carboxylic acids is 1. The summed E-state index contributed by atoms with van der Waals surface area (Å²) in [5, 5.41) is 6.09. The monoisotopic (exact) mass is 416 g/mol. The molecule has 0 fully saturated rings. The number of hydrogen-bond acceptors (Lipinski definition) is 4. The minimum Gasteiger partial charge on any atom is -0.494 e. The fraction of sp³-hybridized carbons (Fsp3) is 0.364. The summed E-state index contributed by atoms with van der Waals surface area (Å²) in [6.07, 6.45) is 6.73. The molecule has 0 aliphatic heterocycles. The molecule has 150 valence electrons. The summed E-state index contributed by atoms with van der Waals surface area (Å²) in [5.41, 5.74) is 1.65. The molecule has 28 heavy (non-hydrogen) atoms. The molecule has 0 spiro atoms. The van der Waals surface area contributed by atoms with Crippen molar-refractivity contribution in [2.45, 2.75) is 44.0 Å². The van der Waals surface area contributed by atoms with Crippen molar-refractivity contribution in [3.63, 3.8) is 0 Å². The van der Waals surface area contributed by atoms with Crippen LogP contribution in [-0.2, 0) is 6.54 Å². The van der Waals surface area contributed by atoms with E-state index in [1.54, 1.807) is 23.9 Å². The van der Waals surface area contributed by atoms with E-state index < -0.39 is 0 Å². The van der Waals surface area contributed by atoms with Gasteiger partial charge >= 0.3 is 0 Å². The van der Waals surface area contributed by atoms with Crippen LogP contribution in [0.25, 0.3) is 0 Å². The molecule has 1 amide bonds. The number of benzene rings is 2. The van der Waals surface area contributed by atoms with Gasteiger partial charge < -0.3 is 10.1 Å². The molecule has 0 radical (unpaired) electrons. The predicted octanol–water partition coefficient (Wildman–Crippen LogP) is 5.17. The van der Waals surface area contributed by atoms with Gasteiger partial charge in [0, 0.05) is 17.0 Å². The van der Waals surface area contributed by atoms with Crippen molar-refractivity contribution in [3.8, 4) is 5.75 Å². The molecule has 2 aromatic carbocycles. The van der Waals surface area contributed by atoms with Crippen molar-refractivity contribution in [1.29, 1.82) is 0 Å². The highest BCUT2D eigenvalue weighted by atomic mass is 32.2. The number of rotatable bonds is 10. The predicted molar refractivity (Wildman–Crippen MR) is 121 cm³/mol. The van der Waals surface area contributed by atoms with Crippen molar-refractivity contribution in [2.75, 3.05) is 12.9 Å². The SMILES string of the molecule is CCCCCCOc1ccc(C(=O)NC(=S)NCc2ccc(SC)cc2)cc1. The van der Waals surface area contributed by atoms with Gasteiger partial charge in [-0.1, -0.05) is 38.3 Å². The number of thiocarbonyl (C=S) groups is 1. The number of nitrogens with one attached hydrogen (secondary N) is 2. The third-order valence-electron chi connectivity index (χ3n) is 4.22. The third-order valence-corrected chi connectivity index (χ3v) is 5.21. The fourth-order valence-electron chi connectivity index (χ4n) is 2.57. The second kappa shape index (κ2) is 12.4. The Bertz CT molecular complexity index is 746. The molecule has 0 unspecified atom stereocenters. The van der Waals surface area contributed by atoms with Gasteiger partial charge in [-0.05, 0) is 66.9 Å². The maximum atomic E-state index is 12.3. The Kier molecular flexibility index (Phi) is 9.86. The Morgan fingerprint density at radius 3 is 2.39 bits per heavy atom. The van der Waals surface area contributed by atoms with Gasteiger partial charge in [0.25, 0.3) is 5.91 Å². The van der Waals surface area contributed by atoms with E-state index in [1.165, 1.54) is 24.2 Å². The summed E-state index contributed by atoms with van der Waals surface area (Å²) >= 11 is 6.93. The van der Waals surface area contributed by atoms with Gasteiger partial charge in [0.15, 0.2) is 5.11 Å². The first-order valence-corrected chi connectivity index (χ1v) is 11.2. The highest BCUT2D eigenvalue weighted by Crippen LogP contribution is 2.15. The molecule has 6 heteroatoms. The molecule has 2 N–H and O–H groups in total. The number of amides is 1. The standard InChI is InChI=1S/C22H28N2O2S2/c1-3-4-5-6-15-26-19-11-9-18(10-12-19)21(25)24-22(27)23-16-17-7-13-20(28-2)14-8-17/h7-14H,3-6,15-16H2,1-2H3,(H2,23,24,25,27). The Hall–Kier alpha value is -2.05. The van der Waals surface area contributed by atoms with Crippen LogP contribution in [0.4, 0.5) is 0 Å². The first-order chi connectivity index (χ1) is 13.6.